The molecule has 0 aromatic rings. The molecule has 0 aromatic carbocycles. The lowest BCUT2D eigenvalue weighted by Gasteiger charge is -2.27. The summed E-state index contributed by atoms with van der Waals surface area (Å²) in [6.45, 7) is 9.79. The Kier molecular flexibility index (Phi) is 12.1. The fourth-order valence-electron chi connectivity index (χ4n) is 3.56. The van der Waals surface area contributed by atoms with Gasteiger partial charge in [-0.1, -0.05) is 83.4 Å². The molecule has 0 aliphatic carbocycles. The van der Waals surface area contributed by atoms with Crippen LogP contribution >= 0.6 is 0 Å². The molecule has 0 spiro atoms. The molecule has 0 radical (unpaired) electrons. The van der Waals surface area contributed by atoms with Gasteiger partial charge in [-0.3, -0.25) is 4.90 Å². The molecule has 1 aliphatic rings. The average Bonchev–Trinajstić information content (AvgIpc) is 2.56. The van der Waals surface area contributed by atoms with E-state index < -0.39 is 8.80 Å². The van der Waals surface area contributed by atoms with E-state index in [0.29, 0.717) is 6.04 Å². The van der Waals surface area contributed by atoms with Crippen molar-refractivity contribution in [3.05, 3.63) is 11.8 Å². The topological polar surface area (TPSA) is 3.24 Å². The molecule has 1 nitrogen and oxygen atoms in total. The van der Waals surface area contributed by atoms with E-state index in [1.807, 2.05) is 0 Å². The molecule has 1 aliphatic heterocycles. The fourth-order valence-corrected chi connectivity index (χ4v) is 5.32. The molecular weight excluding hydrogens is 282 g/mol. The number of hydrogen-bond acceptors (Lipinski definition) is 1. The van der Waals surface area contributed by atoms with Crippen LogP contribution in [0.15, 0.2) is 11.8 Å². The quantitative estimate of drug-likeness (QED) is 0.565. The summed E-state index contributed by atoms with van der Waals surface area (Å²) in [5.41, 5.74) is 2.62. The number of hydrogen-bond donors (Lipinski definition) is 0. The van der Waals surface area contributed by atoms with Gasteiger partial charge in [0.25, 0.3) is 0 Å². The first-order chi connectivity index (χ1) is 10.8. The average molecular weight is 324 g/mol. The van der Waals surface area contributed by atoms with Crippen LogP contribution in [0.2, 0.25) is 12.1 Å². The molecule has 130 valence electrons. The molecule has 0 amide bonds. The van der Waals surface area contributed by atoms with Gasteiger partial charge in [0.1, 0.15) is 0 Å². The minimum atomic E-state index is -0.565. The first-order valence-electron chi connectivity index (χ1n) is 10.2. The molecule has 1 saturated heterocycles. The van der Waals surface area contributed by atoms with E-state index in [9.17, 15) is 0 Å². The van der Waals surface area contributed by atoms with Crippen molar-refractivity contribution in [3.8, 4) is 0 Å². The molecular formula is C20H41NSi. The zero-order valence-electron chi connectivity index (χ0n) is 15.7. The summed E-state index contributed by atoms with van der Waals surface area (Å²) in [5, 5.41) is 0. The van der Waals surface area contributed by atoms with Gasteiger partial charge in [0.05, 0.1) is 8.80 Å². The highest BCUT2D eigenvalue weighted by atomic mass is 28.3. The Morgan fingerprint density at radius 3 is 1.59 bits per heavy atom. The van der Waals surface area contributed by atoms with Gasteiger partial charge in [0.15, 0.2) is 0 Å². The molecule has 1 heterocycles. The largest absolute Gasteiger partial charge is 0.297 e. The van der Waals surface area contributed by atoms with Gasteiger partial charge >= 0.3 is 0 Å². The van der Waals surface area contributed by atoms with Crippen LogP contribution in [0.3, 0.4) is 0 Å². The fraction of sp³-hybridized carbons (Fsp3) is 0.900. The highest BCUT2D eigenvalue weighted by Crippen LogP contribution is 2.15. The molecule has 1 unspecified atom stereocenters. The van der Waals surface area contributed by atoms with Crippen molar-refractivity contribution in [3.63, 3.8) is 0 Å². The van der Waals surface area contributed by atoms with E-state index in [4.69, 9.17) is 0 Å². The van der Waals surface area contributed by atoms with Gasteiger partial charge in [-0.15, -0.1) is 5.70 Å². The number of rotatable bonds is 5. The summed E-state index contributed by atoms with van der Waals surface area (Å²) in [7, 11) is -0.565. The summed E-state index contributed by atoms with van der Waals surface area (Å²) in [6, 6.07) is 3.48. The Labute approximate surface area is 142 Å². The molecule has 1 fully saturated rings. The second-order valence-electron chi connectivity index (χ2n) is 7.27. The second-order valence-corrected chi connectivity index (χ2v) is 10.8. The monoisotopic (exact) mass is 323 g/mol. The molecule has 0 aromatic heterocycles. The minimum Gasteiger partial charge on any atom is -0.297 e. The predicted octanol–water partition coefficient (Wildman–Crippen LogP) is 5.95. The maximum atomic E-state index is 2.76. The number of nitrogens with zero attached hydrogens (tertiary/aromatic N) is 1. The van der Waals surface area contributed by atoms with Gasteiger partial charge < -0.3 is 0 Å². The Bertz CT molecular complexity index is 259. The van der Waals surface area contributed by atoms with Crippen molar-refractivity contribution < 1.29 is 0 Å². The second kappa shape index (κ2) is 13.4. The normalized spacial score (nSPS) is 22.2. The smallest absolute Gasteiger partial charge is 0.0606 e. The zero-order valence-corrected chi connectivity index (χ0v) is 16.8. The van der Waals surface area contributed by atoms with Gasteiger partial charge in [0, 0.05) is 6.04 Å². The lowest BCUT2D eigenvalue weighted by molar-refractivity contribution is 0.230. The van der Waals surface area contributed by atoms with Crippen molar-refractivity contribution >= 4 is 8.80 Å². The van der Waals surface area contributed by atoms with E-state index in [2.05, 4.69) is 37.4 Å². The molecule has 22 heavy (non-hydrogen) atoms. The van der Waals surface area contributed by atoms with Crippen LogP contribution in [-0.4, -0.2) is 32.8 Å². The lowest BCUT2D eigenvalue weighted by atomic mass is 10.1. The molecule has 1 rings (SSSR count). The predicted molar refractivity (Wildman–Crippen MR) is 104 cm³/mol. The highest BCUT2D eigenvalue weighted by molar-refractivity contribution is 6.64. The molecule has 0 saturated carbocycles. The van der Waals surface area contributed by atoms with E-state index in [1.54, 1.807) is 0 Å². The molecule has 0 bridgehead atoms. The highest BCUT2D eigenvalue weighted by Gasteiger charge is 2.11. The third-order valence-electron chi connectivity index (χ3n) is 5.43. The van der Waals surface area contributed by atoms with Crippen molar-refractivity contribution in [2.45, 2.75) is 103 Å². The third-order valence-corrected chi connectivity index (χ3v) is 8.29. The molecule has 0 N–H and O–H groups in total. The van der Waals surface area contributed by atoms with Crippen molar-refractivity contribution in [2.24, 2.45) is 0 Å². The summed E-state index contributed by atoms with van der Waals surface area (Å²) in [6.07, 6.45) is 17.0. The van der Waals surface area contributed by atoms with Crippen LogP contribution in [0.5, 0.6) is 0 Å². The summed E-state index contributed by atoms with van der Waals surface area (Å²) >= 11 is 0. The first kappa shape index (κ1) is 20.0. The molecule has 2 heteroatoms. The van der Waals surface area contributed by atoms with E-state index in [1.165, 1.54) is 89.4 Å². The van der Waals surface area contributed by atoms with Crippen LogP contribution < -0.4 is 0 Å². The molecule has 1 atom stereocenters. The lowest BCUT2D eigenvalue weighted by Crippen LogP contribution is -2.34. The minimum absolute atomic E-state index is 0.565. The van der Waals surface area contributed by atoms with E-state index in [-0.39, 0.29) is 0 Å². The van der Waals surface area contributed by atoms with Crippen LogP contribution in [0.25, 0.3) is 0 Å². The first-order valence-corrected chi connectivity index (χ1v) is 12.5. The van der Waals surface area contributed by atoms with Gasteiger partial charge in [-0.2, -0.15) is 0 Å². The van der Waals surface area contributed by atoms with Crippen molar-refractivity contribution in [2.75, 3.05) is 13.1 Å². The van der Waals surface area contributed by atoms with Crippen LogP contribution in [0, 0.1) is 0 Å². The Hall–Kier alpha value is -0.0831. The van der Waals surface area contributed by atoms with E-state index >= 15 is 0 Å². The van der Waals surface area contributed by atoms with Crippen LogP contribution in [0.4, 0.5) is 0 Å². The Morgan fingerprint density at radius 2 is 1.18 bits per heavy atom. The van der Waals surface area contributed by atoms with Gasteiger partial charge in [-0.25, -0.2) is 0 Å². The summed E-state index contributed by atoms with van der Waals surface area (Å²) in [4.78, 5) is 2.76. The van der Waals surface area contributed by atoms with Crippen LogP contribution in [-0.2, 0) is 0 Å². The van der Waals surface area contributed by atoms with Crippen molar-refractivity contribution in [1.82, 2.24) is 4.90 Å². The van der Waals surface area contributed by atoms with Crippen LogP contribution in [0.1, 0.15) is 85.0 Å². The summed E-state index contributed by atoms with van der Waals surface area (Å²) < 4.78 is 0. The zero-order chi connectivity index (χ0) is 16.0. The van der Waals surface area contributed by atoms with Gasteiger partial charge in [-0.05, 0) is 32.9 Å². The van der Waals surface area contributed by atoms with Crippen molar-refractivity contribution in [1.29, 1.82) is 0 Å². The Morgan fingerprint density at radius 1 is 0.773 bits per heavy atom. The maximum Gasteiger partial charge on any atom is 0.0606 e. The third kappa shape index (κ3) is 9.15. The maximum absolute atomic E-state index is 2.76. The standard InChI is InChI=1S/C20H41NSi/c1-4-22(5-2)19-16-20(3)21-17-14-12-10-8-6-7-9-11-13-15-18-21/h16,19-20,22H,4-15,17-18H2,1-3H3. The Balaban J connectivity index is 2.46. The van der Waals surface area contributed by atoms with E-state index in [0.717, 1.165) is 0 Å². The SMILES string of the molecule is CC[SiH](C=CC(C)N1CCCCCCCCCCCC1)CC. The van der Waals surface area contributed by atoms with Gasteiger partial charge in [0.2, 0.25) is 0 Å². The summed E-state index contributed by atoms with van der Waals surface area (Å²) in [5.74, 6) is 0.